The van der Waals surface area contributed by atoms with Crippen molar-refractivity contribution < 1.29 is 13.9 Å². The van der Waals surface area contributed by atoms with Crippen molar-refractivity contribution in [2.75, 3.05) is 16.8 Å². The van der Waals surface area contributed by atoms with Crippen LogP contribution >= 0.6 is 0 Å². The summed E-state index contributed by atoms with van der Waals surface area (Å²) in [6.07, 6.45) is 0.815. The molecule has 0 spiro atoms. The van der Waals surface area contributed by atoms with Crippen LogP contribution in [0.1, 0.15) is 49.2 Å². The fraction of sp³-hybridized carbons (Fsp3) is 0.346. The van der Waals surface area contributed by atoms with Gasteiger partial charge < -0.3 is 15.0 Å². The molecule has 0 fully saturated rings. The minimum atomic E-state index is -0.287. The van der Waals surface area contributed by atoms with Gasteiger partial charge in [0.05, 0.1) is 12.0 Å². The zero-order valence-corrected chi connectivity index (χ0v) is 19.6. The number of carbonyl (C=O) groups excluding carboxylic acids is 1. The number of carbonyl (C=O) groups is 1. The first-order valence-electron chi connectivity index (χ1n) is 11.2. The number of nitrogens with one attached hydrogen (secondary N) is 1. The first-order chi connectivity index (χ1) is 15.7. The number of hydrogen-bond acceptors (Lipinski definition) is 6. The molecule has 1 N–H and O–H groups in total. The molecule has 1 aliphatic rings. The highest BCUT2D eigenvalue weighted by molar-refractivity contribution is 5.74. The van der Waals surface area contributed by atoms with Crippen LogP contribution in [0.2, 0.25) is 0 Å². The van der Waals surface area contributed by atoms with E-state index in [2.05, 4.69) is 22.1 Å². The number of ether oxygens (including phenoxy) is 1. The Labute approximate surface area is 193 Å². The molecule has 4 rings (SSSR count). The van der Waals surface area contributed by atoms with Gasteiger partial charge in [-0.25, -0.2) is 9.37 Å². The number of fused-ring (bicyclic) bond motifs is 1. The van der Waals surface area contributed by atoms with Gasteiger partial charge in [0.25, 0.3) is 0 Å². The second-order valence-corrected chi connectivity index (χ2v) is 8.77. The number of benzene rings is 2. The van der Waals surface area contributed by atoms with Crippen molar-refractivity contribution in [2.45, 2.75) is 47.1 Å². The normalized spacial score (nSPS) is 15.4. The summed E-state index contributed by atoms with van der Waals surface area (Å²) in [5, 5.41) is 3.18. The van der Waals surface area contributed by atoms with E-state index in [4.69, 9.17) is 9.72 Å². The molecule has 6 nitrogen and oxygen atoms in total. The molecule has 7 heteroatoms. The first-order valence-corrected chi connectivity index (χ1v) is 11.2. The zero-order chi connectivity index (χ0) is 23.7. The molecule has 0 aliphatic carbocycles. The van der Waals surface area contributed by atoms with E-state index in [0.717, 1.165) is 35.7 Å². The lowest BCUT2D eigenvalue weighted by Crippen LogP contribution is -2.35. The highest BCUT2D eigenvalue weighted by Gasteiger charge is 2.27. The average Bonchev–Trinajstić information content (AvgIpc) is 2.78. The number of anilines is 3. The molecule has 1 aromatic heterocycles. The van der Waals surface area contributed by atoms with Gasteiger partial charge in [0, 0.05) is 23.5 Å². The van der Waals surface area contributed by atoms with E-state index in [1.807, 2.05) is 45.9 Å². The van der Waals surface area contributed by atoms with Crippen molar-refractivity contribution in [2.24, 2.45) is 5.92 Å². The summed E-state index contributed by atoms with van der Waals surface area (Å²) in [5.41, 5.74) is 5.01. The monoisotopic (exact) mass is 448 g/mol. The number of rotatable bonds is 5. The molecule has 0 saturated carbocycles. The van der Waals surface area contributed by atoms with Crippen molar-refractivity contribution in [3.05, 3.63) is 70.7 Å². The van der Waals surface area contributed by atoms with Crippen molar-refractivity contribution in [3.63, 3.8) is 0 Å². The van der Waals surface area contributed by atoms with Gasteiger partial charge in [-0.15, -0.1) is 0 Å². The van der Waals surface area contributed by atoms with Gasteiger partial charge in [0.2, 0.25) is 5.95 Å². The molecule has 3 aromatic rings. The number of aromatic nitrogens is 2. The van der Waals surface area contributed by atoms with E-state index < -0.39 is 0 Å². The lowest BCUT2D eigenvalue weighted by Gasteiger charge is -2.37. The predicted molar refractivity (Wildman–Crippen MR) is 128 cm³/mol. The predicted octanol–water partition coefficient (Wildman–Crippen LogP) is 5.66. The van der Waals surface area contributed by atoms with Gasteiger partial charge in [0.1, 0.15) is 17.4 Å². The van der Waals surface area contributed by atoms with Crippen molar-refractivity contribution >= 4 is 23.4 Å². The van der Waals surface area contributed by atoms with Crippen molar-refractivity contribution in [1.29, 1.82) is 0 Å². The number of esters is 1. The van der Waals surface area contributed by atoms with Gasteiger partial charge in [0.15, 0.2) is 0 Å². The molecule has 0 amide bonds. The van der Waals surface area contributed by atoms with Gasteiger partial charge >= 0.3 is 5.97 Å². The third kappa shape index (κ3) is 4.82. The van der Waals surface area contributed by atoms with Crippen LogP contribution in [0.15, 0.2) is 42.5 Å². The van der Waals surface area contributed by atoms with Crippen LogP contribution in [0.5, 0.6) is 5.75 Å². The highest BCUT2D eigenvalue weighted by atomic mass is 19.1. The fourth-order valence-electron chi connectivity index (χ4n) is 4.01. The number of halogens is 1. The summed E-state index contributed by atoms with van der Waals surface area (Å²) >= 11 is 0. The SMILES string of the molecule is Cc1nc(Nc2ccc(F)cc2)nc(N2CCc3cc(OC(=O)C(C)C)ccc3C2C)c1C. The Morgan fingerprint density at radius 1 is 1.15 bits per heavy atom. The van der Waals surface area contributed by atoms with E-state index in [1.165, 1.54) is 23.3 Å². The topological polar surface area (TPSA) is 67.3 Å². The molecule has 33 heavy (non-hydrogen) atoms. The van der Waals surface area contributed by atoms with Gasteiger partial charge in [-0.3, -0.25) is 4.79 Å². The lowest BCUT2D eigenvalue weighted by atomic mass is 9.93. The van der Waals surface area contributed by atoms with E-state index >= 15 is 0 Å². The van der Waals surface area contributed by atoms with Crippen LogP contribution in [0.3, 0.4) is 0 Å². The Kier molecular flexibility index (Phi) is 6.31. The van der Waals surface area contributed by atoms with Crippen LogP contribution in [-0.2, 0) is 11.2 Å². The molecule has 2 heterocycles. The van der Waals surface area contributed by atoms with Crippen LogP contribution < -0.4 is 15.0 Å². The maximum absolute atomic E-state index is 13.2. The first kappa shape index (κ1) is 22.7. The Hall–Kier alpha value is -3.48. The number of aryl methyl sites for hydroxylation is 1. The smallest absolute Gasteiger partial charge is 0.313 e. The van der Waals surface area contributed by atoms with Gasteiger partial charge in [-0.1, -0.05) is 19.9 Å². The average molecular weight is 449 g/mol. The molecule has 2 aromatic carbocycles. The van der Waals surface area contributed by atoms with Crippen LogP contribution in [0.4, 0.5) is 21.8 Å². The number of nitrogens with zero attached hydrogens (tertiary/aromatic N) is 3. The summed E-state index contributed by atoms with van der Waals surface area (Å²) in [4.78, 5) is 23.6. The Morgan fingerprint density at radius 3 is 2.58 bits per heavy atom. The van der Waals surface area contributed by atoms with Crippen LogP contribution in [-0.4, -0.2) is 22.5 Å². The largest absolute Gasteiger partial charge is 0.426 e. The standard InChI is InChI=1S/C26H29FN4O2/c1-15(2)25(32)33-22-10-11-23-18(5)31(13-12-19(23)14-22)24-16(3)17(4)28-26(30-24)29-21-8-6-20(27)7-9-21/h6-11,14-15,18H,12-13H2,1-5H3,(H,28,29,30). The second-order valence-electron chi connectivity index (χ2n) is 8.77. The van der Waals surface area contributed by atoms with Crippen molar-refractivity contribution in [3.8, 4) is 5.75 Å². The molecule has 1 atom stereocenters. The third-order valence-electron chi connectivity index (χ3n) is 6.08. The summed E-state index contributed by atoms with van der Waals surface area (Å²) in [5.74, 6) is 1.26. The summed E-state index contributed by atoms with van der Waals surface area (Å²) in [6.45, 7) is 10.6. The maximum Gasteiger partial charge on any atom is 0.313 e. The van der Waals surface area contributed by atoms with E-state index in [9.17, 15) is 9.18 Å². The number of hydrogen-bond donors (Lipinski definition) is 1. The Balaban J connectivity index is 1.60. The summed E-state index contributed by atoms with van der Waals surface area (Å²) in [6, 6.07) is 12.1. The Morgan fingerprint density at radius 2 is 1.88 bits per heavy atom. The lowest BCUT2D eigenvalue weighted by molar-refractivity contribution is -0.137. The van der Waals surface area contributed by atoms with E-state index in [1.54, 1.807) is 12.1 Å². The highest BCUT2D eigenvalue weighted by Crippen LogP contribution is 2.36. The van der Waals surface area contributed by atoms with Crippen LogP contribution in [0.25, 0.3) is 0 Å². The van der Waals surface area contributed by atoms with Gasteiger partial charge in [-0.2, -0.15) is 4.98 Å². The molecule has 0 saturated heterocycles. The van der Waals surface area contributed by atoms with Crippen LogP contribution in [0, 0.1) is 25.6 Å². The second kappa shape index (κ2) is 9.17. The van der Waals surface area contributed by atoms with E-state index in [0.29, 0.717) is 11.7 Å². The fourth-order valence-corrected chi connectivity index (χ4v) is 4.01. The van der Waals surface area contributed by atoms with Gasteiger partial charge in [-0.05, 0) is 74.7 Å². The molecule has 0 radical (unpaired) electrons. The van der Waals surface area contributed by atoms with E-state index in [-0.39, 0.29) is 23.7 Å². The minimum absolute atomic E-state index is 0.0928. The minimum Gasteiger partial charge on any atom is -0.426 e. The summed E-state index contributed by atoms with van der Waals surface area (Å²) < 4.78 is 18.7. The quantitative estimate of drug-likeness (QED) is 0.401. The molecular formula is C26H29FN4O2. The Bertz CT molecular complexity index is 1180. The van der Waals surface area contributed by atoms with Crippen molar-refractivity contribution in [1.82, 2.24) is 9.97 Å². The summed E-state index contributed by atoms with van der Waals surface area (Å²) in [7, 11) is 0. The molecule has 0 bridgehead atoms. The molecular weight excluding hydrogens is 419 g/mol. The molecule has 1 aliphatic heterocycles. The molecule has 1 unspecified atom stereocenters. The zero-order valence-electron chi connectivity index (χ0n) is 19.6. The third-order valence-corrected chi connectivity index (χ3v) is 6.08. The maximum atomic E-state index is 13.2. The molecule has 172 valence electrons.